The van der Waals surface area contributed by atoms with Crippen molar-refractivity contribution in [1.82, 2.24) is 30.2 Å². The zero-order valence-corrected chi connectivity index (χ0v) is 16.8. The summed E-state index contributed by atoms with van der Waals surface area (Å²) in [6.45, 7) is 1.83. The Labute approximate surface area is 175 Å². The minimum Gasteiger partial charge on any atom is -0.382 e. The molecule has 0 aliphatic carbocycles. The van der Waals surface area contributed by atoms with Gasteiger partial charge in [-0.2, -0.15) is 0 Å². The van der Waals surface area contributed by atoms with Gasteiger partial charge in [-0.3, -0.25) is 4.79 Å². The van der Waals surface area contributed by atoms with E-state index in [0.717, 1.165) is 27.0 Å². The fraction of sp³-hybridized carbons (Fsp3) is 0.105. The van der Waals surface area contributed by atoms with Gasteiger partial charge in [-0.25, -0.2) is 19.9 Å². The summed E-state index contributed by atoms with van der Waals surface area (Å²) in [7, 11) is 0. The number of aromatic amines is 1. The highest BCUT2D eigenvalue weighted by molar-refractivity contribution is 7.15. The van der Waals surface area contributed by atoms with Crippen LogP contribution in [0.5, 0.6) is 0 Å². The molecule has 29 heavy (non-hydrogen) atoms. The molecule has 0 radical (unpaired) electrons. The molecule has 0 fully saturated rings. The van der Waals surface area contributed by atoms with Gasteiger partial charge in [0.1, 0.15) is 28.0 Å². The van der Waals surface area contributed by atoms with Crippen LogP contribution in [0.3, 0.4) is 0 Å². The Morgan fingerprint density at radius 1 is 1.17 bits per heavy atom. The molecule has 0 aliphatic rings. The predicted octanol–water partition coefficient (Wildman–Crippen LogP) is 3.72. The minimum absolute atomic E-state index is 0.0288. The average molecular weight is 426 g/mol. The average Bonchev–Trinajstić information content (AvgIpc) is 3.40. The number of thiazole rings is 1. The maximum Gasteiger partial charge on any atom is 0.272 e. The smallest absolute Gasteiger partial charge is 0.272 e. The summed E-state index contributed by atoms with van der Waals surface area (Å²) in [6.07, 6.45) is 4.71. The Morgan fingerprint density at radius 2 is 1.97 bits per heavy atom. The van der Waals surface area contributed by atoms with Crippen molar-refractivity contribution in [1.29, 1.82) is 0 Å². The molecule has 146 valence electrons. The number of nitrogens with zero attached hydrogens (tertiary/aromatic N) is 4. The molecule has 0 saturated heterocycles. The number of hydrogen-bond donors (Lipinski definition) is 3. The number of nitrogens with one attached hydrogen (secondary N) is 2. The van der Waals surface area contributed by atoms with Crippen molar-refractivity contribution in [2.24, 2.45) is 0 Å². The van der Waals surface area contributed by atoms with Crippen LogP contribution >= 0.6 is 22.9 Å². The van der Waals surface area contributed by atoms with E-state index in [2.05, 4.69) is 30.2 Å². The maximum atomic E-state index is 12.5. The zero-order valence-electron chi connectivity index (χ0n) is 15.3. The van der Waals surface area contributed by atoms with Gasteiger partial charge < -0.3 is 16.0 Å². The Kier molecular flexibility index (Phi) is 5.24. The summed E-state index contributed by atoms with van der Waals surface area (Å²) >= 11 is 7.46. The Hall–Kier alpha value is -3.30. The molecule has 10 heteroatoms. The van der Waals surface area contributed by atoms with Gasteiger partial charge in [0.2, 0.25) is 0 Å². The third kappa shape index (κ3) is 3.96. The number of amides is 1. The fourth-order valence-electron chi connectivity index (χ4n) is 2.68. The summed E-state index contributed by atoms with van der Waals surface area (Å²) < 4.78 is 0. The van der Waals surface area contributed by atoms with Crippen LogP contribution in [0.2, 0.25) is 5.02 Å². The Bertz CT molecular complexity index is 1160. The zero-order chi connectivity index (χ0) is 20.4. The molecule has 0 spiro atoms. The van der Waals surface area contributed by atoms with E-state index in [0.29, 0.717) is 0 Å². The standard InChI is InChI=1S/C19H16ClN7OS/c1-10(26-18(28)15-14(20)16(21)25-9-24-15)19-23-8-13(29-19)17-22-7-12(27-17)11-5-3-2-4-6-11/h2-10H,1H3,(H,22,27)(H,26,28)(H2,21,24,25). The number of aromatic nitrogens is 5. The second-order valence-corrected chi connectivity index (χ2v) is 7.63. The molecule has 1 aromatic carbocycles. The van der Waals surface area contributed by atoms with E-state index in [1.54, 1.807) is 12.4 Å². The number of carbonyl (C=O) groups excluding carboxylic acids is 1. The van der Waals surface area contributed by atoms with E-state index < -0.39 is 5.91 Å². The molecule has 1 amide bonds. The molecule has 3 heterocycles. The van der Waals surface area contributed by atoms with E-state index >= 15 is 0 Å². The number of H-pyrrole nitrogens is 1. The summed E-state index contributed by atoms with van der Waals surface area (Å²) in [5, 5.41) is 3.58. The molecule has 1 unspecified atom stereocenters. The largest absolute Gasteiger partial charge is 0.382 e. The Morgan fingerprint density at radius 3 is 2.76 bits per heavy atom. The molecular formula is C19H16ClN7OS. The first-order chi connectivity index (χ1) is 14.0. The normalized spacial score (nSPS) is 11.9. The molecule has 4 N–H and O–H groups in total. The van der Waals surface area contributed by atoms with E-state index in [-0.39, 0.29) is 22.6 Å². The van der Waals surface area contributed by atoms with Gasteiger partial charge in [0.25, 0.3) is 5.91 Å². The van der Waals surface area contributed by atoms with Gasteiger partial charge in [-0.15, -0.1) is 11.3 Å². The highest BCUT2D eigenvalue weighted by atomic mass is 35.5. The van der Waals surface area contributed by atoms with Crippen LogP contribution in [0.1, 0.15) is 28.5 Å². The van der Waals surface area contributed by atoms with Gasteiger partial charge >= 0.3 is 0 Å². The number of carbonyl (C=O) groups is 1. The monoisotopic (exact) mass is 425 g/mol. The second-order valence-electron chi connectivity index (χ2n) is 6.19. The first-order valence-electron chi connectivity index (χ1n) is 8.66. The number of nitrogens with two attached hydrogens (primary N) is 1. The molecule has 0 bridgehead atoms. The fourth-order valence-corrected chi connectivity index (χ4v) is 3.73. The van der Waals surface area contributed by atoms with Crippen molar-refractivity contribution in [3.05, 3.63) is 64.8 Å². The highest BCUT2D eigenvalue weighted by Crippen LogP contribution is 2.29. The van der Waals surface area contributed by atoms with Crippen LogP contribution in [0.25, 0.3) is 22.0 Å². The third-order valence-corrected chi connectivity index (χ3v) is 5.73. The van der Waals surface area contributed by atoms with E-state index in [1.807, 2.05) is 37.3 Å². The lowest BCUT2D eigenvalue weighted by molar-refractivity contribution is 0.0935. The molecule has 1 atom stereocenters. The van der Waals surface area contributed by atoms with E-state index in [9.17, 15) is 4.79 Å². The molecule has 4 aromatic rings. The lowest BCUT2D eigenvalue weighted by atomic mass is 10.2. The number of imidazole rings is 1. The third-order valence-electron chi connectivity index (χ3n) is 4.17. The molecule has 8 nitrogen and oxygen atoms in total. The SMILES string of the molecule is CC(NC(=O)c1ncnc(N)c1Cl)c1ncc(-c2ncc(-c3ccccc3)[nH]2)s1. The van der Waals surface area contributed by atoms with Crippen LogP contribution in [0.4, 0.5) is 5.82 Å². The van der Waals surface area contributed by atoms with Gasteiger partial charge in [-0.05, 0) is 12.5 Å². The first kappa shape index (κ1) is 19.0. The first-order valence-corrected chi connectivity index (χ1v) is 9.85. The van der Waals surface area contributed by atoms with Crippen LogP contribution < -0.4 is 11.1 Å². The summed E-state index contributed by atoms with van der Waals surface area (Å²) in [4.78, 5) is 33.1. The van der Waals surface area contributed by atoms with Crippen LogP contribution in [0, 0.1) is 0 Å². The summed E-state index contributed by atoms with van der Waals surface area (Å²) in [5.41, 5.74) is 7.63. The molecule has 4 rings (SSSR count). The van der Waals surface area contributed by atoms with Crippen molar-refractivity contribution in [2.75, 3.05) is 5.73 Å². The van der Waals surface area contributed by atoms with Gasteiger partial charge in [0, 0.05) is 6.20 Å². The molecule has 0 aliphatic heterocycles. The Balaban J connectivity index is 1.50. The quantitative estimate of drug-likeness (QED) is 0.448. The van der Waals surface area contributed by atoms with Crippen LogP contribution in [0.15, 0.2) is 49.1 Å². The van der Waals surface area contributed by atoms with Gasteiger partial charge in [-0.1, -0.05) is 41.9 Å². The van der Waals surface area contributed by atoms with Crippen molar-refractivity contribution in [2.45, 2.75) is 13.0 Å². The summed E-state index contributed by atoms with van der Waals surface area (Å²) in [6, 6.07) is 9.59. The number of hydrogen-bond acceptors (Lipinski definition) is 7. The lowest BCUT2D eigenvalue weighted by Gasteiger charge is -2.11. The topological polar surface area (TPSA) is 122 Å². The van der Waals surface area contributed by atoms with Crippen LogP contribution in [-0.4, -0.2) is 30.8 Å². The molecule has 3 aromatic heterocycles. The number of nitrogen functional groups attached to an aromatic ring is 1. The number of anilines is 1. The lowest BCUT2D eigenvalue weighted by Crippen LogP contribution is -2.28. The van der Waals surface area contributed by atoms with Crippen molar-refractivity contribution in [3.8, 4) is 22.0 Å². The maximum absolute atomic E-state index is 12.5. The van der Waals surface area contributed by atoms with Crippen molar-refractivity contribution in [3.63, 3.8) is 0 Å². The van der Waals surface area contributed by atoms with Crippen LogP contribution in [-0.2, 0) is 0 Å². The highest BCUT2D eigenvalue weighted by Gasteiger charge is 2.20. The van der Waals surface area contributed by atoms with Crippen molar-refractivity contribution < 1.29 is 4.79 Å². The molecule has 0 saturated carbocycles. The number of halogens is 1. The van der Waals surface area contributed by atoms with Gasteiger partial charge in [0.15, 0.2) is 5.69 Å². The predicted molar refractivity (Wildman–Crippen MR) is 112 cm³/mol. The molecular weight excluding hydrogens is 410 g/mol. The number of benzene rings is 1. The van der Waals surface area contributed by atoms with Crippen molar-refractivity contribution >= 4 is 34.7 Å². The second kappa shape index (κ2) is 7.98. The van der Waals surface area contributed by atoms with Gasteiger partial charge in [0.05, 0.1) is 22.8 Å². The van der Waals surface area contributed by atoms with E-state index in [4.69, 9.17) is 17.3 Å². The van der Waals surface area contributed by atoms with E-state index in [1.165, 1.54) is 17.7 Å². The summed E-state index contributed by atoms with van der Waals surface area (Å²) in [5.74, 6) is 0.332. The minimum atomic E-state index is -0.447. The number of rotatable bonds is 5.